The predicted octanol–water partition coefficient (Wildman–Crippen LogP) is 3.12. The molecule has 0 aromatic heterocycles. The fourth-order valence-corrected chi connectivity index (χ4v) is 1.12. The van der Waals surface area contributed by atoms with E-state index < -0.39 is 0 Å². The van der Waals surface area contributed by atoms with E-state index in [4.69, 9.17) is 10.5 Å². The van der Waals surface area contributed by atoms with Crippen molar-refractivity contribution in [1.82, 2.24) is 0 Å². The fraction of sp³-hybridized carbons (Fsp3) is 0.846. The molecule has 0 amide bonds. The van der Waals surface area contributed by atoms with Crippen molar-refractivity contribution in [2.24, 2.45) is 11.1 Å². The lowest BCUT2D eigenvalue weighted by molar-refractivity contribution is -0.0160. The third-order valence-corrected chi connectivity index (χ3v) is 3.14. The van der Waals surface area contributed by atoms with Crippen LogP contribution in [0.4, 0.5) is 0 Å². The van der Waals surface area contributed by atoms with Crippen molar-refractivity contribution in [2.45, 2.75) is 59.1 Å². The highest BCUT2D eigenvalue weighted by molar-refractivity contribution is 5.03. The molecule has 1 unspecified atom stereocenters. The van der Waals surface area contributed by atoms with Gasteiger partial charge in [0.25, 0.3) is 0 Å². The minimum absolute atomic E-state index is 0.0752. The maximum Gasteiger partial charge on any atom is 0.0598 e. The lowest BCUT2D eigenvalue weighted by atomic mass is 9.72. The van der Waals surface area contributed by atoms with Crippen LogP contribution in [-0.2, 0) is 4.74 Å². The van der Waals surface area contributed by atoms with Crippen molar-refractivity contribution in [2.75, 3.05) is 6.61 Å². The Kier molecular flexibility index (Phi) is 4.56. The smallest absolute Gasteiger partial charge is 0.0598 e. The first kappa shape index (κ1) is 14.7. The van der Waals surface area contributed by atoms with E-state index in [1.165, 1.54) is 0 Å². The average Bonchev–Trinajstić information content (AvgIpc) is 2.01. The summed E-state index contributed by atoms with van der Waals surface area (Å²) in [5.41, 5.74) is 5.84. The van der Waals surface area contributed by atoms with Gasteiger partial charge in [-0.1, -0.05) is 19.9 Å². The molecule has 90 valence electrons. The van der Waals surface area contributed by atoms with Crippen molar-refractivity contribution in [3.05, 3.63) is 12.7 Å². The SMILES string of the molecule is C=CC(C)(C)C(C)(N)CCOC(C)(C)C. The van der Waals surface area contributed by atoms with Crippen LogP contribution in [0.5, 0.6) is 0 Å². The average molecular weight is 213 g/mol. The van der Waals surface area contributed by atoms with Gasteiger partial charge in [0.2, 0.25) is 0 Å². The fourth-order valence-electron chi connectivity index (χ4n) is 1.12. The second kappa shape index (κ2) is 4.67. The highest BCUT2D eigenvalue weighted by Gasteiger charge is 2.34. The minimum Gasteiger partial charge on any atom is -0.376 e. The number of hydrogen-bond donors (Lipinski definition) is 1. The van der Waals surface area contributed by atoms with Gasteiger partial charge in [-0.2, -0.15) is 0 Å². The summed E-state index contributed by atoms with van der Waals surface area (Å²) >= 11 is 0. The molecule has 15 heavy (non-hydrogen) atoms. The Morgan fingerprint density at radius 1 is 1.13 bits per heavy atom. The van der Waals surface area contributed by atoms with Gasteiger partial charge >= 0.3 is 0 Å². The van der Waals surface area contributed by atoms with Gasteiger partial charge in [0.1, 0.15) is 0 Å². The zero-order valence-electron chi connectivity index (χ0n) is 11.2. The Hall–Kier alpha value is -0.340. The molecule has 0 fully saturated rings. The number of nitrogens with two attached hydrogens (primary N) is 1. The summed E-state index contributed by atoms with van der Waals surface area (Å²) in [4.78, 5) is 0. The lowest BCUT2D eigenvalue weighted by Crippen LogP contribution is -2.50. The molecule has 0 heterocycles. The van der Waals surface area contributed by atoms with Crippen LogP contribution in [-0.4, -0.2) is 17.7 Å². The molecule has 2 N–H and O–H groups in total. The summed E-state index contributed by atoms with van der Waals surface area (Å²) in [7, 11) is 0. The van der Waals surface area contributed by atoms with Crippen LogP contribution >= 0.6 is 0 Å². The molecular formula is C13H27NO. The molecule has 0 radical (unpaired) electrons. The molecule has 0 bridgehead atoms. The molecule has 0 aromatic rings. The normalized spacial score (nSPS) is 17.3. The molecule has 0 saturated heterocycles. The van der Waals surface area contributed by atoms with Gasteiger partial charge < -0.3 is 10.5 Å². The summed E-state index contributed by atoms with van der Waals surface area (Å²) in [5, 5.41) is 0. The Labute approximate surface area is 94.9 Å². The van der Waals surface area contributed by atoms with E-state index in [-0.39, 0.29) is 16.6 Å². The van der Waals surface area contributed by atoms with Gasteiger partial charge in [-0.15, -0.1) is 6.58 Å². The Bertz CT molecular complexity index is 211. The highest BCUT2D eigenvalue weighted by atomic mass is 16.5. The predicted molar refractivity (Wildman–Crippen MR) is 66.9 cm³/mol. The molecule has 1 atom stereocenters. The van der Waals surface area contributed by atoms with Crippen molar-refractivity contribution in [3.63, 3.8) is 0 Å². The lowest BCUT2D eigenvalue weighted by Gasteiger charge is -2.39. The third kappa shape index (κ3) is 4.80. The maximum atomic E-state index is 6.28. The van der Waals surface area contributed by atoms with Crippen LogP contribution < -0.4 is 5.73 Å². The first-order valence-corrected chi connectivity index (χ1v) is 5.58. The summed E-state index contributed by atoms with van der Waals surface area (Å²) in [6, 6.07) is 0. The Balaban J connectivity index is 4.23. The quantitative estimate of drug-likeness (QED) is 0.712. The van der Waals surface area contributed by atoms with Crippen LogP contribution in [0.2, 0.25) is 0 Å². The van der Waals surface area contributed by atoms with Crippen LogP contribution in [0.25, 0.3) is 0 Å². The summed E-state index contributed by atoms with van der Waals surface area (Å²) < 4.78 is 5.69. The van der Waals surface area contributed by atoms with Crippen LogP contribution in [0.1, 0.15) is 48.0 Å². The molecule has 0 aliphatic rings. The summed E-state index contributed by atoms with van der Waals surface area (Å²) in [5.74, 6) is 0. The van der Waals surface area contributed by atoms with E-state index in [1.54, 1.807) is 0 Å². The van der Waals surface area contributed by atoms with Gasteiger partial charge in [0.05, 0.1) is 5.60 Å². The standard InChI is InChI=1S/C13H27NO/c1-8-12(5,6)13(7,14)9-10-15-11(2,3)4/h8H,1,9-10,14H2,2-7H3. The first-order chi connectivity index (χ1) is 6.52. The third-order valence-electron chi connectivity index (χ3n) is 3.14. The van der Waals surface area contributed by atoms with E-state index in [9.17, 15) is 0 Å². The highest BCUT2D eigenvalue weighted by Crippen LogP contribution is 2.32. The molecule has 2 heteroatoms. The maximum absolute atomic E-state index is 6.28. The molecule has 0 aromatic carbocycles. The van der Waals surface area contributed by atoms with Gasteiger partial charge in [-0.05, 0) is 34.1 Å². The van der Waals surface area contributed by atoms with Gasteiger partial charge in [0, 0.05) is 17.6 Å². The zero-order valence-corrected chi connectivity index (χ0v) is 11.2. The molecule has 0 rings (SSSR count). The molecule has 0 aliphatic heterocycles. The Morgan fingerprint density at radius 3 is 1.93 bits per heavy atom. The summed E-state index contributed by atoms with van der Waals surface area (Å²) in [6.07, 6.45) is 2.76. The zero-order chi connectivity index (χ0) is 12.3. The molecular weight excluding hydrogens is 186 g/mol. The van der Waals surface area contributed by atoms with E-state index in [2.05, 4.69) is 48.1 Å². The second-order valence-corrected chi connectivity index (χ2v) is 6.05. The van der Waals surface area contributed by atoms with Crippen LogP contribution in [0.3, 0.4) is 0 Å². The van der Waals surface area contributed by atoms with Gasteiger partial charge in [-0.25, -0.2) is 0 Å². The van der Waals surface area contributed by atoms with Crippen LogP contribution in [0.15, 0.2) is 12.7 Å². The largest absolute Gasteiger partial charge is 0.376 e. The van der Waals surface area contributed by atoms with E-state index in [1.807, 2.05) is 6.08 Å². The molecule has 2 nitrogen and oxygen atoms in total. The van der Waals surface area contributed by atoms with Crippen molar-refractivity contribution >= 4 is 0 Å². The number of hydrogen-bond acceptors (Lipinski definition) is 2. The van der Waals surface area contributed by atoms with Crippen molar-refractivity contribution in [1.29, 1.82) is 0 Å². The van der Waals surface area contributed by atoms with Crippen LogP contribution in [0, 0.1) is 5.41 Å². The van der Waals surface area contributed by atoms with E-state index in [0.29, 0.717) is 6.61 Å². The minimum atomic E-state index is -0.278. The van der Waals surface area contributed by atoms with Gasteiger partial charge in [0.15, 0.2) is 0 Å². The number of ether oxygens (including phenoxy) is 1. The first-order valence-electron chi connectivity index (χ1n) is 5.58. The van der Waals surface area contributed by atoms with E-state index in [0.717, 1.165) is 6.42 Å². The van der Waals surface area contributed by atoms with Gasteiger partial charge in [-0.3, -0.25) is 0 Å². The number of rotatable bonds is 5. The van der Waals surface area contributed by atoms with Crippen molar-refractivity contribution in [3.8, 4) is 0 Å². The van der Waals surface area contributed by atoms with Crippen molar-refractivity contribution < 1.29 is 4.74 Å². The topological polar surface area (TPSA) is 35.2 Å². The summed E-state index contributed by atoms with van der Waals surface area (Å²) in [6.45, 7) is 17.0. The molecule has 0 aliphatic carbocycles. The monoisotopic (exact) mass is 213 g/mol. The second-order valence-electron chi connectivity index (χ2n) is 6.05. The Morgan fingerprint density at radius 2 is 1.60 bits per heavy atom. The van der Waals surface area contributed by atoms with E-state index >= 15 is 0 Å². The molecule has 0 spiro atoms. The molecule has 0 saturated carbocycles.